The Hall–Kier alpha value is -4.84. The molecule has 0 spiro atoms. The minimum absolute atomic E-state index is 0.751. The Morgan fingerprint density at radius 3 is 1.18 bits per heavy atom. The van der Waals surface area contributed by atoms with Crippen molar-refractivity contribution in [1.29, 1.82) is 0 Å². The van der Waals surface area contributed by atoms with Gasteiger partial charge in [-0.2, -0.15) is 0 Å². The maximum absolute atomic E-state index is 4.25. The summed E-state index contributed by atoms with van der Waals surface area (Å²) in [6.45, 7) is 5.82. The highest BCUT2D eigenvalue weighted by Crippen LogP contribution is 2.18. The molecular weight excluding hydrogens is 492 g/mol. The minimum Gasteiger partial charge on any atom is -0.247 e. The van der Waals surface area contributed by atoms with Gasteiger partial charge in [-0.1, -0.05) is 133 Å². The lowest BCUT2D eigenvalue weighted by Gasteiger charge is -2.00. The summed E-state index contributed by atoms with van der Waals surface area (Å²) in [4.78, 5) is 0. The molecule has 0 atom stereocenters. The second-order valence-corrected chi connectivity index (χ2v) is 9.67. The van der Waals surface area contributed by atoms with Gasteiger partial charge in [0, 0.05) is 11.1 Å². The van der Waals surface area contributed by atoms with E-state index in [4.69, 9.17) is 0 Å². The first-order chi connectivity index (χ1) is 19.7. The predicted octanol–water partition coefficient (Wildman–Crippen LogP) is 7.11. The second-order valence-electron chi connectivity index (χ2n) is 9.67. The van der Waals surface area contributed by atoms with Crippen molar-refractivity contribution < 1.29 is 0 Å². The number of nitrogens with zero attached hydrogens (tertiary/aromatic N) is 6. The SMILES string of the molecule is CCc1ccc(-c2cn(Cc3ccccc3)nn2)cc1.CCc1ccc(-c2cn(Cc3ccccc3)nn2)cc1. The van der Waals surface area contributed by atoms with Crippen molar-refractivity contribution in [3.63, 3.8) is 0 Å². The van der Waals surface area contributed by atoms with Gasteiger partial charge in [-0.05, 0) is 35.1 Å². The number of rotatable bonds is 8. The third kappa shape index (κ3) is 7.17. The Bertz CT molecular complexity index is 1460. The molecule has 0 saturated heterocycles. The molecule has 6 heteroatoms. The minimum atomic E-state index is 0.751. The molecule has 200 valence electrons. The van der Waals surface area contributed by atoms with Crippen LogP contribution in [0.4, 0.5) is 0 Å². The van der Waals surface area contributed by atoms with Crippen molar-refractivity contribution in [3.05, 3.63) is 144 Å². The highest BCUT2D eigenvalue weighted by atomic mass is 15.4. The summed E-state index contributed by atoms with van der Waals surface area (Å²) < 4.78 is 3.75. The van der Waals surface area contributed by atoms with Gasteiger partial charge < -0.3 is 0 Å². The van der Waals surface area contributed by atoms with Gasteiger partial charge >= 0.3 is 0 Å². The zero-order valence-electron chi connectivity index (χ0n) is 23.1. The molecule has 0 fully saturated rings. The van der Waals surface area contributed by atoms with Gasteiger partial charge in [0.25, 0.3) is 0 Å². The number of aryl methyl sites for hydroxylation is 2. The summed E-state index contributed by atoms with van der Waals surface area (Å²) in [5, 5.41) is 16.9. The molecule has 6 aromatic rings. The van der Waals surface area contributed by atoms with Gasteiger partial charge in [0.1, 0.15) is 11.4 Å². The summed E-state index contributed by atoms with van der Waals surface area (Å²) in [5.74, 6) is 0. The molecule has 6 nitrogen and oxygen atoms in total. The molecule has 0 aliphatic rings. The van der Waals surface area contributed by atoms with Gasteiger partial charge in [0.2, 0.25) is 0 Å². The molecule has 2 heterocycles. The Balaban J connectivity index is 0.000000161. The van der Waals surface area contributed by atoms with Crippen molar-refractivity contribution in [2.75, 3.05) is 0 Å². The van der Waals surface area contributed by atoms with E-state index in [0.29, 0.717) is 0 Å². The smallest absolute Gasteiger partial charge is 0.113 e. The number of hydrogen-bond donors (Lipinski definition) is 0. The van der Waals surface area contributed by atoms with Crippen molar-refractivity contribution in [2.45, 2.75) is 39.8 Å². The first-order valence-corrected chi connectivity index (χ1v) is 13.8. The lowest BCUT2D eigenvalue weighted by atomic mass is 10.1. The second kappa shape index (κ2) is 13.3. The predicted molar refractivity (Wildman–Crippen MR) is 161 cm³/mol. The van der Waals surface area contributed by atoms with Crippen LogP contribution in [0.25, 0.3) is 22.5 Å². The van der Waals surface area contributed by atoms with Gasteiger partial charge in [0.05, 0.1) is 25.5 Å². The highest BCUT2D eigenvalue weighted by molar-refractivity contribution is 5.58. The highest BCUT2D eigenvalue weighted by Gasteiger charge is 2.05. The van der Waals surface area contributed by atoms with E-state index in [1.54, 1.807) is 0 Å². The lowest BCUT2D eigenvalue weighted by molar-refractivity contribution is 0.650. The van der Waals surface area contributed by atoms with E-state index in [1.807, 2.05) is 58.2 Å². The van der Waals surface area contributed by atoms with Crippen LogP contribution < -0.4 is 0 Å². The van der Waals surface area contributed by atoms with E-state index in [9.17, 15) is 0 Å². The molecule has 0 unspecified atom stereocenters. The quantitative estimate of drug-likeness (QED) is 0.212. The van der Waals surface area contributed by atoms with E-state index < -0.39 is 0 Å². The maximum Gasteiger partial charge on any atom is 0.113 e. The Kier molecular flexibility index (Phi) is 8.89. The molecule has 0 amide bonds. The molecule has 0 aliphatic carbocycles. The average molecular weight is 527 g/mol. The van der Waals surface area contributed by atoms with Gasteiger partial charge in [-0.15, -0.1) is 10.2 Å². The Morgan fingerprint density at radius 2 is 0.825 bits per heavy atom. The van der Waals surface area contributed by atoms with Crippen LogP contribution in [-0.4, -0.2) is 30.0 Å². The fourth-order valence-corrected chi connectivity index (χ4v) is 4.38. The van der Waals surface area contributed by atoms with Crippen LogP contribution in [0.2, 0.25) is 0 Å². The normalized spacial score (nSPS) is 10.7. The molecule has 2 aromatic heterocycles. The average Bonchev–Trinajstić information content (AvgIpc) is 3.69. The molecule has 40 heavy (non-hydrogen) atoms. The zero-order chi connectivity index (χ0) is 27.6. The topological polar surface area (TPSA) is 61.4 Å². The molecular formula is C34H34N6. The van der Waals surface area contributed by atoms with Crippen LogP contribution in [0.5, 0.6) is 0 Å². The molecule has 0 radical (unpaired) electrons. The fraction of sp³-hybridized carbons (Fsp3) is 0.176. The van der Waals surface area contributed by atoms with Crippen molar-refractivity contribution >= 4 is 0 Å². The third-order valence-corrected chi connectivity index (χ3v) is 6.77. The first-order valence-electron chi connectivity index (χ1n) is 13.8. The van der Waals surface area contributed by atoms with Crippen LogP contribution in [0.1, 0.15) is 36.1 Å². The number of aromatic nitrogens is 6. The van der Waals surface area contributed by atoms with Crippen LogP contribution in [0, 0.1) is 0 Å². The van der Waals surface area contributed by atoms with Gasteiger partial charge in [0.15, 0.2) is 0 Å². The van der Waals surface area contributed by atoms with Gasteiger partial charge in [-0.3, -0.25) is 0 Å². The molecule has 0 bridgehead atoms. The molecule has 0 N–H and O–H groups in total. The van der Waals surface area contributed by atoms with Crippen molar-refractivity contribution in [1.82, 2.24) is 30.0 Å². The Morgan fingerprint density at radius 1 is 0.450 bits per heavy atom. The monoisotopic (exact) mass is 526 g/mol. The molecule has 4 aromatic carbocycles. The van der Waals surface area contributed by atoms with E-state index in [-0.39, 0.29) is 0 Å². The van der Waals surface area contributed by atoms with E-state index >= 15 is 0 Å². The first kappa shape index (κ1) is 26.8. The van der Waals surface area contributed by atoms with Crippen LogP contribution >= 0.6 is 0 Å². The van der Waals surface area contributed by atoms with Crippen molar-refractivity contribution in [3.8, 4) is 22.5 Å². The zero-order valence-corrected chi connectivity index (χ0v) is 23.1. The van der Waals surface area contributed by atoms with E-state index in [2.05, 4.69) is 107 Å². The van der Waals surface area contributed by atoms with Crippen LogP contribution in [-0.2, 0) is 25.9 Å². The van der Waals surface area contributed by atoms with E-state index in [0.717, 1.165) is 48.4 Å². The maximum atomic E-state index is 4.25. The lowest BCUT2D eigenvalue weighted by Crippen LogP contribution is -1.99. The largest absolute Gasteiger partial charge is 0.247 e. The fourth-order valence-electron chi connectivity index (χ4n) is 4.38. The summed E-state index contributed by atoms with van der Waals surface area (Å²) in [5.41, 5.74) is 9.20. The third-order valence-electron chi connectivity index (χ3n) is 6.77. The molecule has 0 saturated carbocycles. The van der Waals surface area contributed by atoms with Crippen LogP contribution in [0.15, 0.2) is 122 Å². The standard InChI is InChI=1S/2C17H17N3/c2*1-2-14-8-10-16(11-9-14)17-13-20(19-18-17)12-15-6-4-3-5-7-15/h2*3-11,13H,2,12H2,1H3. The summed E-state index contributed by atoms with van der Waals surface area (Å²) in [6.07, 6.45) is 6.10. The Labute approximate surface area is 236 Å². The number of hydrogen-bond acceptors (Lipinski definition) is 4. The van der Waals surface area contributed by atoms with Crippen molar-refractivity contribution in [2.24, 2.45) is 0 Å². The number of benzene rings is 4. The van der Waals surface area contributed by atoms with Gasteiger partial charge in [-0.25, -0.2) is 9.36 Å². The van der Waals surface area contributed by atoms with Crippen LogP contribution in [0.3, 0.4) is 0 Å². The summed E-state index contributed by atoms with van der Waals surface area (Å²) in [6, 6.07) is 37.6. The van der Waals surface area contributed by atoms with E-state index in [1.165, 1.54) is 22.3 Å². The summed E-state index contributed by atoms with van der Waals surface area (Å²) in [7, 11) is 0. The molecule has 0 aliphatic heterocycles. The molecule has 6 rings (SSSR count). The summed E-state index contributed by atoms with van der Waals surface area (Å²) >= 11 is 0.